The number of hydrogen-bond donors (Lipinski definition) is 0. The zero-order valence-electron chi connectivity index (χ0n) is 3.29. The third-order valence-corrected chi connectivity index (χ3v) is 0.802. The minimum Gasteiger partial charge on any atom is -0.127 e. The van der Waals surface area contributed by atoms with E-state index in [0.717, 1.165) is 6.42 Å². The molecule has 6 heavy (non-hydrogen) atoms. The van der Waals surface area contributed by atoms with Crippen LogP contribution in [-0.4, -0.2) is 11.8 Å². The number of alkyl halides is 2. The molecule has 0 heterocycles. The first-order chi connectivity index (χ1) is 2.41. The topological polar surface area (TPSA) is 0 Å². The van der Waals surface area contributed by atoms with E-state index in [1.54, 1.807) is 0 Å². The Bertz CT molecular complexity index is 16.3. The first-order valence-electron chi connectivity index (χ1n) is 1.53. The molecule has 0 spiro atoms. The van der Waals surface area contributed by atoms with Gasteiger partial charge in [-0.1, -0.05) is 0 Å². The maximum atomic E-state index is 5.22. The van der Waals surface area contributed by atoms with Crippen molar-refractivity contribution in [3.8, 4) is 0 Å². The average molecular weight is 241 g/mol. The van der Waals surface area contributed by atoms with E-state index in [9.17, 15) is 0 Å². The van der Waals surface area contributed by atoms with Crippen molar-refractivity contribution in [1.82, 2.24) is 0 Å². The predicted octanol–water partition coefficient (Wildman–Crippen LogP) is 2.47. The summed E-state index contributed by atoms with van der Waals surface area (Å²) in [5, 5.41) is 0. The first-order valence-corrected chi connectivity index (χ1v) is 2.60. The lowest BCUT2D eigenvalue weighted by molar-refractivity contribution is 1.11. The molecule has 0 nitrogen and oxygen atoms in total. The van der Waals surface area contributed by atoms with Crippen LogP contribution in [0.2, 0.25) is 0 Å². The molecule has 0 rings (SSSR count). The maximum Gasteiger partial charge on any atom is 0.0234 e. The van der Waals surface area contributed by atoms with Crippen LogP contribution in [0.25, 0.3) is 0 Å². The molecule has 0 fully saturated rings. The molecule has 0 aliphatic carbocycles. The highest BCUT2D eigenvalue weighted by Crippen LogP contribution is 1.84. The molecule has 0 saturated carbocycles. The summed E-state index contributed by atoms with van der Waals surface area (Å²) in [6, 6.07) is 0. The van der Waals surface area contributed by atoms with Crippen LogP contribution in [0.1, 0.15) is 6.42 Å². The lowest BCUT2D eigenvalue weighted by Crippen LogP contribution is -1.70. The fourth-order valence-electron chi connectivity index (χ4n) is 0.0505. The molecular formula is C3H7Cl2I. The summed E-state index contributed by atoms with van der Waals surface area (Å²) in [5.41, 5.74) is 0. The van der Waals surface area contributed by atoms with Crippen molar-refractivity contribution in [2.24, 2.45) is 0 Å². The zero-order valence-corrected chi connectivity index (χ0v) is 7.13. The molecule has 0 aromatic rings. The van der Waals surface area contributed by atoms with Crippen molar-refractivity contribution in [3.05, 3.63) is 0 Å². The number of halogens is 3. The molecule has 0 aromatic carbocycles. The van der Waals surface area contributed by atoms with Gasteiger partial charge < -0.3 is 0 Å². The molecule has 0 atom stereocenters. The monoisotopic (exact) mass is 240 g/mol. The van der Waals surface area contributed by atoms with Crippen molar-refractivity contribution in [2.75, 3.05) is 11.8 Å². The van der Waals surface area contributed by atoms with Gasteiger partial charge in [0.25, 0.3) is 0 Å². The van der Waals surface area contributed by atoms with E-state index in [-0.39, 0.29) is 24.0 Å². The highest BCUT2D eigenvalue weighted by molar-refractivity contribution is 14.0. The highest BCUT2D eigenvalue weighted by atomic mass is 127. The average Bonchev–Trinajstić information content (AvgIpc) is 1.41. The lowest BCUT2D eigenvalue weighted by Gasteiger charge is -1.75. The van der Waals surface area contributed by atoms with Crippen LogP contribution in [0.5, 0.6) is 0 Å². The fraction of sp³-hybridized carbons (Fsp3) is 1.00. The van der Waals surface area contributed by atoms with Crippen LogP contribution in [0.4, 0.5) is 0 Å². The van der Waals surface area contributed by atoms with Crippen LogP contribution >= 0.6 is 47.2 Å². The van der Waals surface area contributed by atoms with Gasteiger partial charge in [0.15, 0.2) is 0 Å². The van der Waals surface area contributed by atoms with Gasteiger partial charge in [0.05, 0.1) is 0 Å². The number of hydrogen-bond acceptors (Lipinski definition) is 0. The van der Waals surface area contributed by atoms with Gasteiger partial charge in [-0.25, -0.2) is 0 Å². The van der Waals surface area contributed by atoms with Gasteiger partial charge in [-0.05, 0) is 6.42 Å². The smallest absolute Gasteiger partial charge is 0.0234 e. The van der Waals surface area contributed by atoms with Crippen LogP contribution in [0, 0.1) is 0 Å². The Morgan fingerprint density at radius 2 is 1.33 bits per heavy atom. The molecular weight excluding hydrogens is 234 g/mol. The summed E-state index contributed by atoms with van der Waals surface area (Å²) < 4.78 is 0. The van der Waals surface area contributed by atoms with Crippen molar-refractivity contribution >= 4 is 47.2 Å². The number of rotatable bonds is 2. The van der Waals surface area contributed by atoms with E-state index >= 15 is 0 Å². The first kappa shape index (κ1) is 10.3. The second kappa shape index (κ2) is 9.58. The largest absolute Gasteiger partial charge is 0.127 e. The summed E-state index contributed by atoms with van der Waals surface area (Å²) in [6.07, 6.45) is 0.920. The standard InChI is InChI=1S/C3H6Cl2.HI/c4-2-1-3-5;/h1-3H2;1H. The van der Waals surface area contributed by atoms with Crippen LogP contribution in [0.15, 0.2) is 0 Å². The SMILES string of the molecule is ClCCCCl.I. The van der Waals surface area contributed by atoms with Gasteiger partial charge in [-0.15, -0.1) is 47.2 Å². The molecule has 0 amide bonds. The molecule has 0 radical (unpaired) electrons. The van der Waals surface area contributed by atoms with Gasteiger partial charge >= 0.3 is 0 Å². The summed E-state index contributed by atoms with van der Waals surface area (Å²) in [5.74, 6) is 1.37. The summed E-state index contributed by atoms with van der Waals surface area (Å²) >= 11 is 10.4. The van der Waals surface area contributed by atoms with Crippen molar-refractivity contribution in [2.45, 2.75) is 6.42 Å². The molecule has 3 heteroatoms. The Morgan fingerprint density at radius 3 is 1.33 bits per heavy atom. The van der Waals surface area contributed by atoms with E-state index in [4.69, 9.17) is 23.2 Å². The molecule has 0 unspecified atom stereocenters. The van der Waals surface area contributed by atoms with Crippen LogP contribution in [0.3, 0.4) is 0 Å². The second-order valence-electron chi connectivity index (χ2n) is 0.732. The van der Waals surface area contributed by atoms with Crippen molar-refractivity contribution in [3.63, 3.8) is 0 Å². The fourth-order valence-corrected chi connectivity index (χ4v) is 0.455. The quantitative estimate of drug-likeness (QED) is 0.514. The van der Waals surface area contributed by atoms with Crippen molar-refractivity contribution < 1.29 is 0 Å². The van der Waals surface area contributed by atoms with E-state index in [1.165, 1.54) is 0 Å². The molecule has 0 saturated heterocycles. The van der Waals surface area contributed by atoms with Crippen LogP contribution < -0.4 is 0 Å². The van der Waals surface area contributed by atoms with Gasteiger partial charge in [-0.2, -0.15) is 0 Å². The normalized spacial score (nSPS) is 7.00. The zero-order chi connectivity index (χ0) is 4.12. The van der Waals surface area contributed by atoms with Crippen molar-refractivity contribution in [1.29, 1.82) is 0 Å². The molecule has 40 valence electrons. The Balaban J connectivity index is 0. The van der Waals surface area contributed by atoms with E-state index in [1.807, 2.05) is 0 Å². The predicted molar refractivity (Wildman–Crippen MR) is 41.5 cm³/mol. The minimum absolute atomic E-state index is 0. The summed E-state index contributed by atoms with van der Waals surface area (Å²) in [4.78, 5) is 0. The van der Waals surface area contributed by atoms with Gasteiger partial charge in [0.1, 0.15) is 0 Å². The Morgan fingerprint density at radius 1 is 1.00 bits per heavy atom. The Labute approximate surface area is 65.2 Å². The molecule has 0 aromatic heterocycles. The van der Waals surface area contributed by atoms with Gasteiger partial charge in [-0.3, -0.25) is 0 Å². The van der Waals surface area contributed by atoms with E-state index < -0.39 is 0 Å². The molecule has 0 N–H and O–H groups in total. The highest BCUT2D eigenvalue weighted by Gasteiger charge is 1.72. The minimum atomic E-state index is 0. The summed E-state index contributed by atoms with van der Waals surface area (Å²) in [6.45, 7) is 0. The Kier molecular flexibility index (Phi) is 16.5. The van der Waals surface area contributed by atoms with Gasteiger partial charge in [0.2, 0.25) is 0 Å². The molecule has 0 bridgehead atoms. The van der Waals surface area contributed by atoms with Gasteiger partial charge in [0, 0.05) is 11.8 Å². The third kappa shape index (κ3) is 9.00. The lowest BCUT2D eigenvalue weighted by atomic mass is 10.6. The second-order valence-corrected chi connectivity index (χ2v) is 1.49. The summed E-state index contributed by atoms with van der Waals surface area (Å²) in [7, 11) is 0. The van der Waals surface area contributed by atoms with E-state index in [0.29, 0.717) is 11.8 Å². The molecule has 0 aliphatic heterocycles. The van der Waals surface area contributed by atoms with Crippen LogP contribution in [-0.2, 0) is 0 Å². The Hall–Kier alpha value is 1.31. The maximum absolute atomic E-state index is 5.22. The van der Waals surface area contributed by atoms with E-state index in [2.05, 4.69) is 0 Å². The third-order valence-electron chi connectivity index (χ3n) is 0.267. The molecule has 0 aliphatic rings.